The van der Waals surface area contributed by atoms with E-state index >= 15 is 0 Å². The minimum Gasteiger partial charge on any atom is -0.390 e. The second-order valence-corrected chi connectivity index (χ2v) is 18.5. The van der Waals surface area contributed by atoms with Gasteiger partial charge in [0.1, 0.15) is 24.4 Å². The highest BCUT2D eigenvalue weighted by Crippen LogP contribution is 2.25. The van der Waals surface area contributed by atoms with E-state index in [9.17, 15) is 30.0 Å². The Morgan fingerprint density at radius 1 is 0.574 bits per heavy atom. The summed E-state index contributed by atoms with van der Waals surface area (Å²) in [6, 6.07) is 0. The number of nitrogens with two attached hydrogens (primary N) is 1. The summed E-state index contributed by atoms with van der Waals surface area (Å²) in [4.78, 5) is 23.5. The number of hydrogen-bond donors (Lipinski definition) is 6. The molecule has 11 nitrogen and oxygen atoms in total. The van der Waals surface area contributed by atoms with Crippen molar-refractivity contribution in [3.05, 3.63) is 0 Å². The highest BCUT2D eigenvalue weighted by Gasteiger charge is 2.44. The molecule has 0 saturated carbocycles. The molecule has 1 heterocycles. The van der Waals surface area contributed by atoms with Crippen LogP contribution in [0.5, 0.6) is 0 Å². The van der Waals surface area contributed by atoms with Crippen molar-refractivity contribution in [1.29, 1.82) is 0 Å². The third-order valence-corrected chi connectivity index (χ3v) is 12.6. The SMILES string of the molecule is CCCCCCCCCCCCCCCCCCCCCC(CC(N)=O)O[C@H](CCCCCCCCCCCCCC)[C@@H](O)CCOC1OC(CNC(C)=O)C(O)C(O)C1O. The first-order chi connectivity index (χ1) is 29.6. The van der Waals surface area contributed by atoms with Crippen LogP contribution in [0.3, 0.4) is 0 Å². The van der Waals surface area contributed by atoms with Gasteiger partial charge in [0.2, 0.25) is 11.8 Å². The van der Waals surface area contributed by atoms with E-state index in [1.807, 2.05) is 0 Å². The van der Waals surface area contributed by atoms with Crippen LogP contribution in [0.1, 0.15) is 245 Å². The molecule has 1 saturated heterocycles. The molecule has 0 aliphatic carbocycles. The highest BCUT2D eigenvalue weighted by molar-refractivity contribution is 5.74. The van der Waals surface area contributed by atoms with Gasteiger partial charge in [0.15, 0.2) is 6.29 Å². The molecule has 1 aliphatic rings. The van der Waals surface area contributed by atoms with E-state index in [4.69, 9.17) is 19.9 Å². The summed E-state index contributed by atoms with van der Waals surface area (Å²) in [5.41, 5.74) is 5.69. The van der Waals surface area contributed by atoms with Gasteiger partial charge in [-0.3, -0.25) is 9.59 Å². The number of nitrogens with one attached hydrogen (secondary N) is 1. The smallest absolute Gasteiger partial charge is 0.220 e. The van der Waals surface area contributed by atoms with Gasteiger partial charge in [-0.2, -0.15) is 0 Å². The Labute approximate surface area is 373 Å². The summed E-state index contributed by atoms with van der Waals surface area (Å²) in [6.45, 7) is 5.80. The van der Waals surface area contributed by atoms with Crippen molar-refractivity contribution in [3.63, 3.8) is 0 Å². The zero-order chi connectivity index (χ0) is 44.8. The van der Waals surface area contributed by atoms with Crippen molar-refractivity contribution in [1.82, 2.24) is 5.32 Å². The van der Waals surface area contributed by atoms with Gasteiger partial charge in [0, 0.05) is 13.5 Å². The lowest BCUT2D eigenvalue weighted by atomic mass is 9.98. The summed E-state index contributed by atoms with van der Waals surface area (Å²) in [6.07, 6.45) is 32.9. The lowest BCUT2D eigenvalue weighted by Gasteiger charge is -2.40. The molecule has 0 spiro atoms. The van der Waals surface area contributed by atoms with Gasteiger partial charge in [0.05, 0.1) is 31.3 Å². The van der Waals surface area contributed by atoms with Crippen LogP contribution in [-0.4, -0.2) is 94.4 Å². The molecule has 61 heavy (non-hydrogen) atoms. The van der Waals surface area contributed by atoms with E-state index in [0.29, 0.717) is 12.8 Å². The number of rotatable bonds is 44. The number of aliphatic hydroxyl groups is 4. The van der Waals surface area contributed by atoms with Crippen molar-refractivity contribution in [2.45, 2.75) is 295 Å². The van der Waals surface area contributed by atoms with Crippen molar-refractivity contribution >= 4 is 11.8 Å². The van der Waals surface area contributed by atoms with E-state index in [1.165, 1.54) is 167 Å². The maximum atomic E-state index is 12.1. The maximum Gasteiger partial charge on any atom is 0.220 e. The van der Waals surface area contributed by atoms with Crippen molar-refractivity contribution in [2.75, 3.05) is 13.2 Å². The van der Waals surface area contributed by atoms with Crippen LogP contribution in [0.4, 0.5) is 0 Å². The molecule has 8 atom stereocenters. The van der Waals surface area contributed by atoms with Crippen LogP contribution in [-0.2, 0) is 23.8 Å². The Balaban J connectivity index is 2.52. The lowest BCUT2D eigenvalue weighted by molar-refractivity contribution is -0.296. The largest absolute Gasteiger partial charge is 0.390 e. The van der Waals surface area contributed by atoms with Crippen LogP contribution in [0.15, 0.2) is 0 Å². The van der Waals surface area contributed by atoms with Gasteiger partial charge in [-0.1, -0.05) is 213 Å². The quantitative estimate of drug-likeness (QED) is 0.0325. The third-order valence-electron chi connectivity index (χ3n) is 12.6. The van der Waals surface area contributed by atoms with Gasteiger partial charge >= 0.3 is 0 Å². The summed E-state index contributed by atoms with van der Waals surface area (Å²) >= 11 is 0. The van der Waals surface area contributed by atoms with Crippen molar-refractivity contribution in [2.24, 2.45) is 5.73 Å². The normalized spacial score (nSPS) is 20.7. The molecular weight excluding hydrogens is 773 g/mol. The summed E-state index contributed by atoms with van der Waals surface area (Å²) < 4.78 is 18.0. The lowest BCUT2D eigenvalue weighted by Crippen LogP contribution is -2.60. The highest BCUT2D eigenvalue weighted by atomic mass is 16.7. The number of amides is 2. The molecule has 11 heteroatoms. The van der Waals surface area contributed by atoms with E-state index < -0.39 is 48.8 Å². The Bertz CT molecular complexity index is 1010. The summed E-state index contributed by atoms with van der Waals surface area (Å²) in [7, 11) is 0. The average molecular weight is 871 g/mol. The van der Waals surface area contributed by atoms with Gasteiger partial charge in [-0.05, 0) is 19.3 Å². The Morgan fingerprint density at radius 3 is 1.36 bits per heavy atom. The molecule has 1 rings (SSSR count). The monoisotopic (exact) mass is 871 g/mol. The van der Waals surface area contributed by atoms with E-state index in [0.717, 1.165) is 38.5 Å². The molecule has 0 aromatic carbocycles. The van der Waals surface area contributed by atoms with Gasteiger partial charge in [-0.15, -0.1) is 0 Å². The molecule has 6 unspecified atom stereocenters. The zero-order valence-corrected chi connectivity index (χ0v) is 39.7. The molecule has 0 aromatic rings. The summed E-state index contributed by atoms with van der Waals surface area (Å²) in [5.74, 6) is -0.732. The van der Waals surface area contributed by atoms with Gasteiger partial charge < -0.3 is 45.7 Å². The van der Waals surface area contributed by atoms with Crippen LogP contribution >= 0.6 is 0 Å². The Kier molecular flexibility index (Phi) is 38.0. The Morgan fingerprint density at radius 2 is 0.967 bits per heavy atom. The molecule has 362 valence electrons. The fraction of sp³-hybridized carbons (Fsp3) is 0.960. The Hall–Kier alpha value is -1.34. The second-order valence-electron chi connectivity index (χ2n) is 18.5. The standard InChI is InChI=1S/C50H98N2O9/c1-4-6-8-10-12-14-16-18-19-20-21-22-23-24-25-27-29-31-33-35-42(39-46(51)55)60-44(36-34-32-30-28-26-17-15-13-11-9-7-5-2)43(54)37-38-59-50-49(58)48(57)47(56)45(61-50)40-52-41(3)53/h42-45,47-50,54,56-58H,4-40H2,1-3H3,(H2,51,55)(H,52,53)/t42?,43-,44+,45?,47?,48?,49?,50?/m0/s1. The number of carbonyl (C=O) groups excluding carboxylic acids is 2. The fourth-order valence-corrected chi connectivity index (χ4v) is 8.64. The third kappa shape index (κ3) is 32.0. The summed E-state index contributed by atoms with van der Waals surface area (Å²) in [5, 5.41) is 45.3. The topological polar surface area (TPSA) is 181 Å². The molecule has 1 aliphatic heterocycles. The van der Waals surface area contributed by atoms with E-state index in [-0.39, 0.29) is 38.0 Å². The number of ether oxygens (including phenoxy) is 3. The average Bonchev–Trinajstić information content (AvgIpc) is 3.23. The predicted molar refractivity (Wildman–Crippen MR) is 248 cm³/mol. The van der Waals surface area contributed by atoms with E-state index in [2.05, 4.69) is 19.2 Å². The molecule has 1 fully saturated rings. The van der Waals surface area contributed by atoms with Crippen LogP contribution in [0, 0.1) is 0 Å². The van der Waals surface area contributed by atoms with Crippen LogP contribution < -0.4 is 11.1 Å². The molecule has 2 amide bonds. The van der Waals surface area contributed by atoms with Gasteiger partial charge in [0.25, 0.3) is 0 Å². The first-order valence-corrected chi connectivity index (χ1v) is 25.8. The van der Waals surface area contributed by atoms with Gasteiger partial charge in [-0.25, -0.2) is 0 Å². The molecular formula is C50H98N2O9. The number of primary amides is 1. The maximum absolute atomic E-state index is 12.1. The van der Waals surface area contributed by atoms with Crippen LogP contribution in [0.25, 0.3) is 0 Å². The number of carbonyl (C=O) groups is 2. The molecule has 0 aromatic heterocycles. The number of aliphatic hydroxyl groups excluding tert-OH is 4. The van der Waals surface area contributed by atoms with E-state index in [1.54, 1.807) is 0 Å². The molecule has 0 bridgehead atoms. The number of unbranched alkanes of at least 4 members (excludes halogenated alkanes) is 29. The first-order valence-electron chi connectivity index (χ1n) is 25.8. The fourth-order valence-electron chi connectivity index (χ4n) is 8.64. The van der Waals surface area contributed by atoms with Crippen molar-refractivity contribution in [3.8, 4) is 0 Å². The minimum absolute atomic E-state index is 0.00331. The second kappa shape index (κ2) is 40.2. The zero-order valence-electron chi connectivity index (χ0n) is 39.7. The predicted octanol–water partition coefficient (Wildman–Crippen LogP) is 10.2. The van der Waals surface area contributed by atoms with Crippen LogP contribution in [0.2, 0.25) is 0 Å². The molecule has 0 radical (unpaired) electrons. The first kappa shape index (κ1) is 57.7. The number of hydrogen-bond acceptors (Lipinski definition) is 9. The van der Waals surface area contributed by atoms with Crippen molar-refractivity contribution < 1.29 is 44.2 Å². The minimum atomic E-state index is -1.53. The molecule has 7 N–H and O–H groups in total.